The standard InChI is InChI=1S/C18H22N4O/c1-21(12-5-8-15-6-3-2-4-7-15)18-19-11-9-17(20-18)22-13-10-16(23)14-22/h2-9,11,16,23H,10,12-14H2,1H3/b8-5+. The summed E-state index contributed by atoms with van der Waals surface area (Å²) in [6.45, 7) is 2.23. The number of anilines is 2. The first-order valence-corrected chi connectivity index (χ1v) is 7.91. The van der Waals surface area contributed by atoms with Gasteiger partial charge in [0.05, 0.1) is 6.10 Å². The zero-order valence-electron chi connectivity index (χ0n) is 13.3. The number of aliphatic hydroxyl groups excluding tert-OH is 1. The highest BCUT2D eigenvalue weighted by molar-refractivity contribution is 5.50. The van der Waals surface area contributed by atoms with E-state index in [0.717, 1.165) is 25.3 Å². The Kier molecular flexibility index (Phi) is 4.88. The Balaban J connectivity index is 1.63. The minimum Gasteiger partial charge on any atom is -0.391 e. The number of β-amino-alcohol motifs (C(OH)–C–C–N with tert-alkyl or cyclic N) is 1. The lowest BCUT2D eigenvalue weighted by atomic mass is 10.2. The van der Waals surface area contributed by atoms with Crippen molar-refractivity contribution in [3.8, 4) is 0 Å². The molecule has 5 nitrogen and oxygen atoms in total. The van der Waals surface area contributed by atoms with E-state index in [1.165, 1.54) is 5.56 Å². The molecular formula is C18H22N4O. The van der Waals surface area contributed by atoms with Crippen molar-refractivity contribution in [1.82, 2.24) is 9.97 Å². The molecule has 0 radical (unpaired) electrons. The molecule has 1 aromatic heterocycles. The molecule has 0 spiro atoms. The fourth-order valence-electron chi connectivity index (χ4n) is 2.64. The van der Waals surface area contributed by atoms with Crippen LogP contribution in [-0.2, 0) is 0 Å². The van der Waals surface area contributed by atoms with Crippen LogP contribution in [0.2, 0.25) is 0 Å². The van der Waals surface area contributed by atoms with E-state index in [4.69, 9.17) is 0 Å². The van der Waals surface area contributed by atoms with Crippen molar-refractivity contribution in [3.63, 3.8) is 0 Å². The Morgan fingerprint density at radius 3 is 2.87 bits per heavy atom. The first kappa shape index (κ1) is 15.5. The van der Waals surface area contributed by atoms with Crippen LogP contribution >= 0.6 is 0 Å². The molecule has 1 fully saturated rings. The zero-order valence-corrected chi connectivity index (χ0v) is 13.3. The van der Waals surface area contributed by atoms with E-state index >= 15 is 0 Å². The number of benzene rings is 1. The van der Waals surface area contributed by atoms with E-state index in [-0.39, 0.29) is 6.10 Å². The molecule has 1 saturated heterocycles. The van der Waals surface area contributed by atoms with Crippen LogP contribution in [0.15, 0.2) is 48.7 Å². The van der Waals surface area contributed by atoms with Gasteiger partial charge in [0.15, 0.2) is 0 Å². The summed E-state index contributed by atoms with van der Waals surface area (Å²) in [5, 5.41) is 9.66. The highest BCUT2D eigenvalue weighted by atomic mass is 16.3. The Bertz CT molecular complexity index is 659. The van der Waals surface area contributed by atoms with Crippen molar-refractivity contribution in [1.29, 1.82) is 0 Å². The van der Waals surface area contributed by atoms with Gasteiger partial charge >= 0.3 is 0 Å². The molecule has 1 atom stereocenters. The first-order valence-electron chi connectivity index (χ1n) is 7.91. The van der Waals surface area contributed by atoms with Crippen LogP contribution in [0.5, 0.6) is 0 Å². The summed E-state index contributed by atoms with van der Waals surface area (Å²) >= 11 is 0. The fraction of sp³-hybridized carbons (Fsp3) is 0.333. The maximum Gasteiger partial charge on any atom is 0.227 e. The van der Waals surface area contributed by atoms with E-state index < -0.39 is 0 Å². The lowest BCUT2D eigenvalue weighted by Gasteiger charge is -2.20. The van der Waals surface area contributed by atoms with Gasteiger partial charge in [-0.15, -0.1) is 0 Å². The summed E-state index contributed by atoms with van der Waals surface area (Å²) in [6.07, 6.45) is 6.52. The van der Waals surface area contributed by atoms with E-state index in [1.807, 2.05) is 36.2 Å². The Hall–Kier alpha value is -2.40. The third-order valence-corrected chi connectivity index (χ3v) is 3.95. The molecule has 0 saturated carbocycles. The van der Waals surface area contributed by atoms with Crippen molar-refractivity contribution in [2.45, 2.75) is 12.5 Å². The predicted molar refractivity (Wildman–Crippen MR) is 93.6 cm³/mol. The molecule has 1 N–H and O–H groups in total. The van der Waals surface area contributed by atoms with Crippen LogP contribution in [0, 0.1) is 0 Å². The molecule has 2 aromatic rings. The summed E-state index contributed by atoms with van der Waals surface area (Å²) in [5.74, 6) is 1.58. The van der Waals surface area contributed by atoms with Crippen LogP contribution < -0.4 is 9.80 Å². The van der Waals surface area contributed by atoms with Crippen LogP contribution in [-0.4, -0.2) is 47.9 Å². The number of likely N-dealkylation sites (N-methyl/N-ethyl adjacent to an activating group) is 1. The normalized spacial score (nSPS) is 17.8. The van der Waals surface area contributed by atoms with Crippen molar-refractivity contribution in [2.24, 2.45) is 0 Å². The van der Waals surface area contributed by atoms with Crippen LogP contribution in [0.4, 0.5) is 11.8 Å². The number of hydrogen-bond donors (Lipinski definition) is 1. The molecule has 0 bridgehead atoms. The van der Waals surface area contributed by atoms with Crippen LogP contribution in [0.25, 0.3) is 6.08 Å². The average molecular weight is 310 g/mol. The highest BCUT2D eigenvalue weighted by Gasteiger charge is 2.21. The number of aromatic nitrogens is 2. The number of nitrogens with zero attached hydrogens (tertiary/aromatic N) is 4. The van der Waals surface area contributed by atoms with Gasteiger partial charge in [-0.05, 0) is 18.1 Å². The van der Waals surface area contributed by atoms with E-state index in [0.29, 0.717) is 12.5 Å². The second-order valence-corrected chi connectivity index (χ2v) is 5.80. The van der Waals surface area contributed by atoms with Gasteiger partial charge in [-0.3, -0.25) is 0 Å². The van der Waals surface area contributed by atoms with Gasteiger partial charge in [0.2, 0.25) is 5.95 Å². The van der Waals surface area contributed by atoms with Crippen molar-refractivity contribution in [3.05, 3.63) is 54.2 Å². The molecule has 23 heavy (non-hydrogen) atoms. The van der Waals surface area contributed by atoms with Gasteiger partial charge in [-0.2, -0.15) is 4.98 Å². The predicted octanol–water partition coefficient (Wildman–Crippen LogP) is 2.20. The second kappa shape index (κ2) is 7.24. The third-order valence-electron chi connectivity index (χ3n) is 3.95. The molecule has 1 aliphatic heterocycles. The van der Waals surface area contributed by atoms with Gasteiger partial charge in [0.25, 0.3) is 0 Å². The SMILES string of the molecule is CN(C/C=C/c1ccccc1)c1nccc(N2CCC(O)C2)n1. The third kappa shape index (κ3) is 4.07. The molecule has 0 amide bonds. The van der Waals surface area contributed by atoms with Crippen molar-refractivity contribution >= 4 is 17.8 Å². The summed E-state index contributed by atoms with van der Waals surface area (Å²) in [6, 6.07) is 12.1. The van der Waals surface area contributed by atoms with E-state index in [1.54, 1.807) is 6.20 Å². The van der Waals surface area contributed by atoms with E-state index in [9.17, 15) is 5.11 Å². The fourth-order valence-corrected chi connectivity index (χ4v) is 2.64. The molecule has 3 rings (SSSR count). The Morgan fingerprint density at radius 1 is 1.30 bits per heavy atom. The maximum atomic E-state index is 9.66. The van der Waals surface area contributed by atoms with Crippen molar-refractivity contribution < 1.29 is 5.11 Å². The molecule has 2 heterocycles. The molecule has 1 aromatic carbocycles. The summed E-state index contributed by atoms with van der Waals surface area (Å²) in [4.78, 5) is 13.1. The Morgan fingerprint density at radius 2 is 2.13 bits per heavy atom. The zero-order chi connectivity index (χ0) is 16.1. The van der Waals surface area contributed by atoms with Gasteiger partial charge < -0.3 is 14.9 Å². The molecule has 5 heteroatoms. The maximum absolute atomic E-state index is 9.66. The van der Waals surface area contributed by atoms with Crippen molar-refractivity contribution in [2.75, 3.05) is 36.5 Å². The van der Waals surface area contributed by atoms with E-state index in [2.05, 4.69) is 39.2 Å². The summed E-state index contributed by atoms with van der Waals surface area (Å²) < 4.78 is 0. The largest absolute Gasteiger partial charge is 0.391 e. The molecule has 1 unspecified atom stereocenters. The molecule has 0 aliphatic carbocycles. The minimum atomic E-state index is -0.250. The monoisotopic (exact) mass is 310 g/mol. The molecule has 1 aliphatic rings. The number of rotatable bonds is 5. The van der Waals surface area contributed by atoms with Crippen LogP contribution in [0.3, 0.4) is 0 Å². The van der Waals surface area contributed by atoms with Crippen LogP contribution in [0.1, 0.15) is 12.0 Å². The second-order valence-electron chi connectivity index (χ2n) is 5.80. The van der Waals surface area contributed by atoms with Gasteiger partial charge in [0, 0.05) is 32.9 Å². The number of hydrogen-bond acceptors (Lipinski definition) is 5. The Labute approximate surface area is 136 Å². The van der Waals surface area contributed by atoms with Gasteiger partial charge in [-0.25, -0.2) is 4.98 Å². The smallest absolute Gasteiger partial charge is 0.227 e. The lowest BCUT2D eigenvalue weighted by molar-refractivity contribution is 0.198. The lowest BCUT2D eigenvalue weighted by Crippen LogP contribution is -2.24. The average Bonchev–Trinajstić information content (AvgIpc) is 3.02. The van der Waals surface area contributed by atoms with Gasteiger partial charge in [-0.1, -0.05) is 42.5 Å². The van der Waals surface area contributed by atoms with Gasteiger partial charge in [0.1, 0.15) is 5.82 Å². The highest BCUT2D eigenvalue weighted by Crippen LogP contribution is 2.19. The summed E-state index contributed by atoms with van der Waals surface area (Å²) in [7, 11) is 1.98. The molecule has 120 valence electrons. The minimum absolute atomic E-state index is 0.250. The summed E-state index contributed by atoms with van der Waals surface area (Å²) in [5.41, 5.74) is 1.18. The quantitative estimate of drug-likeness (QED) is 0.917. The first-order chi connectivity index (χ1) is 11.2. The topological polar surface area (TPSA) is 52.5 Å². The molecular weight excluding hydrogens is 288 g/mol. The number of aliphatic hydroxyl groups is 1.